The first-order valence-corrected chi connectivity index (χ1v) is 5.29. The highest BCUT2D eigenvalue weighted by atomic mass is 32.2. The molecule has 0 radical (unpaired) electrons. The van der Waals surface area contributed by atoms with E-state index in [0.29, 0.717) is 0 Å². The van der Waals surface area contributed by atoms with Gasteiger partial charge in [0.15, 0.2) is 0 Å². The Labute approximate surface area is 73.1 Å². The van der Waals surface area contributed by atoms with E-state index in [1.165, 1.54) is 31.7 Å². The third kappa shape index (κ3) is 3.99. The summed E-state index contributed by atoms with van der Waals surface area (Å²) in [6, 6.07) is 0. The van der Waals surface area contributed by atoms with Crippen LogP contribution in [0.1, 0.15) is 12.8 Å². The lowest BCUT2D eigenvalue weighted by atomic mass is 10.2. The summed E-state index contributed by atoms with van der Waals surface area (Å²) in [5.74, 6) is 1.28. The minimum Gasteiger partial charge on any atom is -0.385 e. The van der Waals surface area contributed by atoms with E-state index < -0.39 is 0 Å². The van der Waals surface area contributed by atoms with E-state index in [9.17, 15) is 0 Å². The van der Waals surface area contributed by atoms with Gasteiger partial charge in [-0.15, -0.1) is 0 Å². The highest BCUT2D eigenvalue weighted by molar-refractivity contribution is 8.00. The van der Waals surface area contributed by atoms with Crippen LogP contribution in [0.4, 0.5) is 0 Å². The fourth-order valence-corrected chi connectivity index (χ4v) is 2.43. The maximum atomic E-state index is 5.00. The normalized spacial score (nSPS) is 25.4. The van der Waals surface area contributed by atoms with Crippen LogP contribution in [-0.2, 0) is 4.74 Å². The van der Waals surface area contributed by atoms with E-state index in [0.717, 1.165) is 11.9 Å². The lowest BCUT2D eigenvalue weighted by Crippen LogP contribution is -2.32. The molecule has 1 saturated heterocycles. The largest absolute Gasteiger partial charge is 0.385 e. The molecule has 0 aromatic heterocycles. The minimum absolute atomic E-state index is 0.832. The molecule has 0 aromatic rings. The van der Waals surface area contributed by atoms with Gasteiger partial charge in [-0.3, -0.25) is 0 Å². The lowest BCUT2D eigenvalue weighted by molar-refractivity contribution is 0.192. The fraction of sp³-hybridized carbons (Fsp3) is 1.00. The molecule has 11 heavy (non-hydrogen) atoms. The first-order chi connectivity index (χ1) is 5.43. The third-order valence-electron chi connectivity index (χ3n) is 1.88. The molecule has 0 bridgehead atoms. The van der Waals surface area contributed by atoms with Crippen molar-refractivity contribution in [3.8, 4) is 0 Å². The van der Waals surface area contributed by atoms with Crippen LogP contribution in [0.5, 0.6) is 0 Å². The van der Waals surface area contributed by atoms with Gasteiger partial charge in [0.2, 0.25) is 0 Å². The highest BCUT2D eigenvalue weighted by Gasteiger charge is 2.11. The molecule has 1 rings (SSSR count). The molecule has 2 nitrogen and oxygen atoms in total. The highest BCUT2D eigenvalue weighted by Crippen LogP contribution is 2.17. The van der Waals surface area contributed by atoms with Gasteiger partial charge >= 0.3 is 0 Å². The number of hydrogen-bond donors (Lipinski definition) is 1. The molecule has 0 aliphatic carbocycles. The SMILES string of the molecule is COCCCC1CNCCS1. The van der Waals surface area contributed by atoms with Gasteiger partial charge in [-0.05, 0) is 12.8 Å². The molecule has 1 atom stereocenters. The number of hydrogen-bond acceptors (Lipinski definition) is 3. The van der Waals surface area contributed by atoms with Crippen molar-refractivity contribution in [2.75, 3.05) is 32.6 Å². The molecule has 3 heteroatoms. The molecule has 0 saturated carbocycles. The van der Waals surface area contributed by atoms with E-state index in [1.807, 2.05) is 0 Å². The number of thioether (sulfide) groups is 1. The zero-order valence-corrected chi connectivity index (χ0v) is 7.95. The number of nitrogens with one attached hydrogen (secondary N) is 1. The summed E-state index contributed by atoms with van der Waals surface area (Å²) in [5, 5.41) is 4.23. The fourth-order valence-electron chi connectivity index (χ4n) is 1.26. The summed E-state index contributed by atoms with van der Waals surface area (Å²) in [5.41, 5.74) is 0. The van der Waals surface area contributed by atoms with Crippen LogP contribution in [-0.4, -0.2) is 37.8 Å². The van der Waals surface area contributed by atoms with Gasteiger partial charge in [0.25, 0.3) is 0 Å². The zero-order valence-electron chi connectivity index (χ0n) is 7.14. The summed E-state index contributed by atoms with van der Waals surface area (Å²) >= 11 is 2.10. The quantitative estimate of drug-likeness (QED) is 0.647. The average Bonchev–Trinajstić information content (AvgIpc) is 2.07. The van der Waals surface area contributed by atoms with E-state index in [4.69, 9.17) is 4.74 Å². The smallest absolute Gasteiger partial charge is 0.0462 e. The molecular weight excluding hydrogens is 158 g/mol. The molecule has 0 aromatic carbocycles. The molecule has 66 valence electrons. The molecule has 1 fully saturated rings. The molecular formula is C8H17NOS. The van der Waals surface area contributed by atoms with Crippen LogP contribution in [0.2, 0.25) is 0 Å². The van der Waals surface area contributed by atoms with Crippen molar-refractivity contribution in [3.63, 3.8) is 0 Å². The molecule has 1 aliphatic rings. The van der Waals surface area contributed by atoms with Crippen molar-refractivity contribution in [2.45, 2.75) is 18.1 Å². The van der Waals surface area contributed by atoms with E-state index >= 15 is 0 Å². The van der Waals surface area contributed by atoms with E-state index in [-0.39, 0.29) is 0 Å². The Morgan fingerprint density at radius 2 is 2.55 bits per heavy atom. The van der Waals surface area contributed by atoms with Crippen molar-refractivity contribution in [1.29, 1.82) is 0 Å². The maximum absolute atomic E-state index is 5.00. The van der Waals surface area contributed by atoms with Crippen molar-refractivity contribution in [2.24, 2.45) is 0 Å². The van der Waals surface area contributed by atoms with Gasteiger partial charge < -0.3 is 10.1 Å². The van der Waals surface area contributed by atoms with Crippen molar-refractivity contribution in [1.82, 2.24) is 5.32 Å². The summed E-state index contributed by atoms with van der Waals surface area (Å²) in [6.07, 6.45) is 2.50. The Hall–Kier alpha value is 0.270. The van der Waals surface area contributed by atoms with Gasteiger partial charge in [-0.25, -0.2) is 0 Å². The van der Waals surface area contributed by atoms with Crippen LogP contribution in [0, 0.1) is 0 Å². The third-order valence-corrected chi connectivity index (χ3v) is 3.19. The first kappa shape index (κ1) is 9.36. The van der Waals surface area contributed by atoms with Crippen LogP contribution in [0.3, 0.4) is 0 Å². The Kier molecular flexibility index (Phi) is 4.99. The van der Waals surface area contributed by atoms with Gasteiger partial charge in [-0.2, -0.15) is 11.8 Å². The summed E-state index contributed by atoms with van der Waals surface area (Å²) in [4.78, 5) is 0. The van der Waals surface area contributed by atoms with Gasteiger partial charge in [0.05, 0.1) is 0 Å². The molecule has 0 spiro atoms. The first-order valence-electron chi connectivity index (χ1n) is 4.24. The second kappa shape index (κ2) is 5.86. The van der Waals surface area contributed by atoms with Gasteiger partial charge in [-0.1, -0.05) is 0 Å². The monoisotopic (exact) mass is 175 g/mol. The molecule has 1 heterocycles. The molecule has 1 aliphatic heterocycles. The summed E-state index contributed by atoms with van der Waals surface area (Å²) < 4.78 is 5.00. The second-order valence-electron chi connectivity index (χ2n) is 2.83. The van der Waals surface area contributed by atoms with Gasteiger partial charge in [0, 0.05) is 37.8 Å². The van der Waals surface area contributed by atoms with Crippen LogP contribution >= 0.6 is 11.8 Å². The number of methoxy groups -OCH3 is 1. The van der Waals surface area contributed by atoms with Crippen molar-refractivity contribution >= 4 is 11.8 Å². The zero-order chi connectivity index (χ0) is 7.94. The predicted molar refractivity (Wildman–Crippen MR) is 50.2 cm³/mol. The number of rotatable bonds is 4. The average molecular weight is 175 g/mol. The van der Waals surface area contributed by atoms with Crippen molar-refractivity contribution in [3.05, 3.63) is 0 Å². The molecule has 0 amide bonds. The van der Waals surface area contributed by atoms with Crippen molar-refractivity contribution < 1.29 is 4.74 Å². The summed E-state index contributed by atoms with van der Waals surface area (Å²) in [7, 11) is 1.77. The maximum Gasteiger partial charge on any atom is 0.0462 e. The summed E-state index contributed by atoms with van der Waals surface area (Å²) in [6.45, 7) is 3.29. The Morgan fingerprint density at radius 1 is 1.64 bits per heavy atom. The number of ether oxygens (including phenoxy) is 1. The lowest BCUT2D eigenvalue weighted by Gasteiger charge is -2.21. The minimum atomic E-state index is 0.832. The second-order valence-corrected chi connectivity index (χ2v) is 4.24. The molecule has 1 unspecified atom stereocenters. The Balaban J connectivity index is 1.96. The predicted octanol–water partition coefficient (Wildman–Crippen LogP) is 1.12. The van der Waals surface area contributed by atoms with E-state index in [2.05, 4.69) is 17.1 Å². The van der Waals surface area contributed by atoms with Crippen LogP contribution in [0.15, 0.2) is 0 Å². The van der Waals surface area contributed by atoms with Crippen LogP contribution in [0.25, 0.3) is 0 Å². The standard InChI is InChI=1S/C8H17NOS/c1-10-5-2-3-8-7-9-4-6-11-8/h8-9H,2-7H2,1H3. The topological polar surface area (TPSA) is 21.3 Å². The Bertz CT molecular complexity index is 94.1. The van der Waals surface area contributed by atoms with E-state index in [1.54, 1.807) is 7.11 Å². The molecule has 1 N–H and O–H groups in total. The van der Waals surface area contributed by atoms with Gasteiger partial charge in [0.1, 0.15) is 0 Å². The Morgan fingerprint density at radius 3 is 3.18 bits per heavy atom. The van der Waals surface area contributed by atoms with Crippen LogP contribution < -0.4 is 5.32 Å².